The van der Waals surface area contributed by atoms with Gasteiger partial charge in [-0.1, -0.05) is 6.07 Å². The average molecular weight is 289 g/mol. The number of hydrogen-bond donors (Lipinski definition) is 2. The Kier molecular flexibility index (Phi) is 3.90. The molecule has 0 radical (unpaired) electrons. The number of aliphatic hydroxyl groups is 1. The van der Waals surface area contributed by atoms with Gasteiger partial charge in [-0.15, -0.1) is 0 Å². The Morgan fingerprint density at radius 2 is 2.24 bits per heavy atom. The number of imidazole rings is 1. The molecule has 1 aliphatic heterocycles. The first-order chi connectivity index (χ1) is 10.1. The fourth-order valence-corrected chi connectivity index (χ4v) is 2.49. The lowest BCUT2D eigenvalue weighted by Gasteiger charge is -2.32. The molecule has 0 atom stereocenters. The van der Waals surface area contributed by atoms with Crippen LogP contribution in [0.15, 0.2) is 30.6 Å². The smallest absolute Gasteiger partial charge is 0.226 e. The van der Waals surface area contributed by atoms with E-state index in [1.54, 1.807) is 0 Å². The van der Waals surface area contributed by atoms with Crippen LogP contribution in [0.3, 0.4) is 0 Å². The molecule has 2 aromatic heterocycles. The predicted molar refractivity (Wildman–Crippen MR) is 76.9 cm³/mol. The highest BCUT2D eigenvalue weighted by molar-refractivity contribution is 5.78. The normalized spacial score (nSPS) is 17.8. The van der Waals surface area contributed by atoms with Crippen molar-refractivity contribution >= 4 is 11.6 Å². The standard InChI is InChI=1S/C15H19N3O3/c19-14(16-11-15(20)4-7-21-8-5-15)9-12-10-18-6-2-1-3-13(18)17-12/h1-3,6,10,20H,4-5,7-9,11H2,(H,16,19). The molecular weight excluding hydrogens is 270 g/mol. The fraction of sp³-hybridized carbons (Fsp3) is 0.467. The molecule has 3 rings (SSSR count). The third-order valence-electron chi connectivity index (χ3n) is 3.79. The van der Waals surface area contributed by atoms with Crippen LogP contribution in [-0.2, 0) is 16.0 Å². The lowest BCUT2D eigenvalue weighted by Crippen LogP contribution is -2.46. The van der Waals surface area contributed by atoms with Gasteiger partial charge in [0.2, 0.25) is 5.91 Å². The van der Waals surface area contributed by atoms with E-state index in [0.717, 1.165) is 11.3 Å². The van der Waals surface area contributed by atoms with Gasteiger partial charge in [0.05, 0.1) is 17.7 Å². The summed E-state index contributed by atoms with van der Waals surface area (Å²) in [7, 11) is 0. The molecule has 6 nitrogen and oxygen atoms in total. The van der Waals surface area contributed by atoms with Crippen LogP contribution in [0.4, 0.5) is 0 Å². The molecule has 0 aliphatic carbocycles. The summed E-state index contributed by atoms with van der Waals surface area (Å²) in [6.45, 7) is 1.35. The Hall–Kier alpha value is -1.92. The molecule has 0 spiro atoms. The topological polar surface area (TPSA) is 75.9 Å². The third kappa shape index (κ3) is 3.40. The van der Waals surface area contributed by atoms with E-state index < -0.39 is 5.60 Å². The number of aromatic nitrogens is 2. The van der Waals surface area contributed by atoms with Crippen LogP contribution in [0.25, 0.3) is 5.65 Å². The summed E-state index contributed by atoms with van der Waals surface area (Å²) in [4.78, 5) is 16.4. The summed E-state index contributed by atoms with van der Waals surface area (Å²) < 4.78 is 7.10. The van der Waals surface area contributed by atoms with E-state index in [4.69, 9.17) is 4.74 Å². The van der Waals surface area contributed by atoms with Crippen molar-refractivity contribution in [2.75, 3.05) is 19.8 Å². The van der Waals surface area contributed by atoms with Crippen molar-refractivity contribution in [2.24, 2.45) is 0 Å². The first-order valence-electron chi connectivity index (χ1n) is 7.14. The van der Waals surface area contributed by atoms with Gasteiger partial charge in [0.25, 0.3) is 0 Å². The fourth-order valence-electron chi connectivity index (χ4n) is 2.49. The molecule has 1 amide bonds. The zero-order valence-electron chi connectivity index (χ0n) is 11.8. The summed E-state index contributed by atoms with van der Waals surface area (Å²) in [5.74, 6) is -0.127. The van der Waals surface area contributed by atoms with Gasteiger partial charge in [0.15, 0.2) is 0 Å². The summed E-state index contributed by atoms with van der Waals surface area (Å²) in [5, 5.41) is 13.1. The van der Waals surface area contributed by atoms with Gasteiger partial charge in [-0.2, -0.15) is 0 Å². The maximum atomic E-state index is 12.0. The highest BCUT2D eigenvalue weighted by Gasteiger charge is 2.30. The molecule has 21 heavy (non-hydrogen) atoms. The van der Waals surface area contributed by atoms with E-state index >= 15 is 0 Å². The molecular formula is C15H19N3O3. The van der Waals surface area contributed by atoms with E-state index in [-0.39, 0.29) is 18.9 Å². The van der Waals surface area contributed by atoms with Gasteiger partial charge in [-0.3, -0.25) is 4.79 Å². The van der Waals surface area contributed by atoms with Crippen molar-refractivity contribution in [3.05, 3.63) is 36.3 Å². The van der Waals surface area contributed by atoms with Crippen LogP contribution in [-0.4, -0.2) is 45.8 Å². The lowest BCUT2D eigenvalue weighted by atomic mass is 9.94. The largest absolute Gasteiger partial charge is 0.388 e. The second-order valence-corrected chi connectivity index (χ2v) is 5.49. The first kappa shape index (κ1) is 14.0. The Morgan fingerprint density at radius 3 is 3.00 bits per heavy atom. The SMILES string of the molecule is O=C(Cc1cn2ccccc2n1)NCC1(O)CCOCC1. The molecule has 0 unspecified atom stereocenters. The van der Waals surface area contributed by atoms with Gasteiger partial charge in [-0.25, -0.2) is 4.98 Å². The summed E-state index contributed by atoms with van der Waals surface area (Å²) in [6, 6.07) is 5.72. The molecule has 3 heterocycles. The number of rotatable bonds is 4. The van der Waals surface area contributed by atoms with Gasteiger partial charge < -0.3 is 19.6 Å². The number of hydrogen-bond acceptors (Lipinski definition) is 4. The molecule has 0 bridgehead atoms. The molecule has 112 valence electrons. The van der Waals surface area contributed by atoms with Gasteiger partial charge in [0.1, 0.15) is 5.65 Å². The van der Waals surface area contributed by atoms with Crippen molar-refractivity contribution in [1.82, 2.24) is 14.7 Å². The van der Waals surface area contributed by atoms with E-state index in [2.05, 4.69) is 10.3 Å². The maximum absolute atomic E-state index is 12.0. The quantitative estimate of drug-likeness (QED) is 0.861. The number of amides is 1. The van der Waals surface area contributed by atoms with Crippen molar-refractivity contribution in [1.29, 1.82) is 0 Å². The Bertz CT molecular complexity index is 599. The highest BCUT2D eigenvalue weighted by Crippen LogP contribution is 2.19. The number of carbonyl (C=O) groups is 1. The van der Waals surface area contributed by atoms with Gasteiger partial charge >= 0.3 is 0 Å². The summed E-state index contributed by atoms with van der Waals surface area (Å²) in [5.41, 5.74) is 0.702. The van der Waals surface area contributed by atoms with Crippen molar-refractivity contribution < 1.29 is 14.6 Å². The molecule has 2 N–H and O–H groups in total. The molecule has 0 aromatic carbocycles. The minimum Gasteiger partial charge on any atom is -0.388 e. The van der Waals surface area contributed by atoms with Crippen molar-refractivity contribution in [3.63, 3.8) is 0 Å². The van der Waals surface area contributed by atoms with E-state index in [9.17, 15) is 9.90 Å². The number of nitrogens with zero attached hydrogens (tertiary/aromatic N) is 2. The van der Waals surface area contributed by atoms with E-state index in [1.807, 2.05) is 35.0 Å². The molecule has 1 saturated heterocycles. The molecule has 0 saturated carbocycles. The molecule has 2 aromatic rings. The second kappa shape index (κ2) is 5.83. The van der Waals surface area contributed by atoms with Crippen LogP contribution in [0.2, 0.25) is 0 Å². The van der Waals surface area contributed by atoms with Crippen LogP contribution in [0.1, 0.15) is 18.5 Å². The van der Waals surface area contributed by atoms with E-state index in [0.29, 0.717) is 26.1 Å². The molecule has 6 heteroatoms. The number of carbonyl (C=O) groups excluding carboxylic acids is 1. The number of fused-ring (bicyclic) bond motifs is 1. The van der Waals surface area contributed by atoms with Crippen molar-refractivity contribution in [2.45, 2.75) is 24.9 Å². The second-order valence-electron chi connectivity index (χ2n) is 5.49. The monoisotopic (exact) mass is 289 g/mol. The van der Waals surface area contributed by atoms with E-state index in [1.165, 1.54) is 0 Å². The zero-order chi connectivity index (χ0) is 14.7. The third-order valence-corrected chi connectivity index (χ3v) is 3.79. The number of pyridine rings is 1. The van der Waals surface area contributed by atoms with Crippen LogP contribution in [0, 0.1) is 0 Å². The maximum Gasteiger partial charge on any atom is 0.226 e. The van der Waals surface area contributed by atoms with Crippen molar-refractivity contribution in [3.8, 4) is 0 Å². The Morgan fingerprint density at radius 1 is 1.43 bits per heavy atom. The molecule has 1 fully saturated rings. The highest BCUT2D eigenvalue weighted by atomic mass is 16.5. The number of nitrogens with one attached hydrogen (secondary N) is 1. The Labute approximate surface area is 122 Å². The lowest BCUT2D eigenvalue weighted by molar-refractivity contribution is -0.123. The minimum atomic E-state index is -0.840. The van der Waals surface area contributed by atoms with Crippen LogP contribution in [0.5, 0.6) is 0 Å². The minimum absolute atomic E-state index is 0.127. The van der Waals surface area contributed by atoms with Gasteiger partial charge in [0, 0.05) is 45.0 Å². The average Bonchev–Trinajstić information content (AvgIpc) is 2.88. The Balaban J connectivity index is 1.56. The number of ether oxygens (including phenoxy) is 1. The van der Waals surface area contributed by atoms with Crippen LogP contribution >= 0.6 is 0 Å². The summed E-state index contributed by atoms with van der Waals surface area (Å²) in [6.07, 6.45) is 5.07. The zero-order valence-corrected chi connectivity index (χ0v) is 11.8. The predicted octanol–water partition coefficient (Wildman–Crippen LogP) is 0.534. The first-order valence-corrected chi connectivity index (χ1v) is 7.14. The summed E-state index contributed by atoms with van der Waals surface area (Å²) >= 11 is 0. The van der Waals surface area contributed by atoms with Gasteiger partial charge in [-0.05, 0) is 12.1 Å². The molecule has 1 aliphatic rings. The van der Waals surface area contributed by atoms with Crippen LogP contribution < -0.4 is 5.32 Å².